The van der Waals surface area contributed by atoms with Crippen LogP contribution in [0.15, 0.2) is 48.8 Å². The quantitative estimate of drug-likeness (QED) is 0.698. The zero-order chi connectivity index (χ0) is 16.4. The number of hydrogen-bond acceptors (Lipinski definition) is 4. The van der Waals surface area contributed by atoms with Crippen LogP contribution in [0.5, 0.6) is 0 Å². The topological polar surface area (TPSA) is 67.9 Å². The fraction of sp³-hybridized carbons (Fsp3) is 0.167. The number of pyridine rings is 1. The van der Waals surface area contributed by atoms with E-state index >= 15 is 0 Å². The molecule has 0 N–H and O–H groups in total. The maximum Gasteiger partial charge on any atom is 0.340 e. The summed E-state index contributed by atoms with van der Waals surface area (Å²) in [4.78, 5) is 16.3. The van der Waals surface area contributed by atoms with E-state index < -0.39 is 11.9 Å². The minimum atomic E-state index is -0.508. The molecule has 0 saturated heterocycles. The summed E-state index contributed by atoms with van der Waals surface area (Å²) in [5.74, 6) is -0.945. The van der Waals surface area contributed by atoms with Crippen molar-refractivity contribution >= 4 is 16.7 Å². The second-order valence-corrected chi connectivity index (χ2v) is 5.20. The van der Waals surface area contributed by atoms with E-state index in [4.69, 9.17) is 4.74 Å². The van der Waals surface area contributed by atoms with Gasteiger partial charge < -0.3 is 9.30 Å². The number of carbonyl (C=O) groups is 1. The fourth-order valence-electron chi connectivity index (χ4n) is 2.76. The first kappa shape index (κ1) is 14.8. The molecule has 0 amide bonds. The molecule has 3 rings (SSSR count). The van der Waals surface area contributed by atoms with Gasteiger partial charge >= 0.3 is 5.97 Å². The molecule has 0 radical (unpaired) electrons. The molecule has 0 aliphatic rings. The van der Waals surface area contributed by atoms with Gasteiger partial charge in [0, 0.05) is 30.5 Å². The lowest BCUT2D eigenvalue weighted by atomic mass is 9.95. The van der Waals surface area contributed by atoms with Gasteiger partial charge in [-0.1, -0.05) is 24.3 Å². The van der Waals surface area contributed by atoms with Crippen molar-refractivity contribution in [3.05, 3.63) is 65.7 Å². The zero-order valence-electron chi connectivity index (χ0n) is 12.9. The molecule has 2 aromatic heterocycles. The molecule has 0 bridgehead atoms. The van der Waals surface area contributed by atoms with Gasteiger partial charge in [0.2, 0.25) is 0 Å². The molecule has 114 valence electrons. The first-order valence-corrected chi connectivity index (χ1v) is 7.14. The number of hydrogen-bond donors (Lipinski definition) is 0. The first-order chi connectivity index (χ1) is 11.2. The molecule has 1 aromatic carbocycles. The number of fused-ring (bicyclic) bond motifs is 1. The number of rotatable bonds is 3. The zero-order valence-corrected chi connectivity index (χ0v) is 12.9. The Labute approximate surface area is 133 Å². The summed E-state index contributed by atoms with van der Waals surface area (Å²) < 4.78 is 6.72. The highest BCUT2D eigenvalue weighted by Crippen LogP contribution is 2.30. The van der Waals surface area contributed by atoms with E-state index in [0.717, 1.165) is 16.5 Å². The normalized spacial score (nSPS) is 11.9. The predicted molar refractivity (Wildman–Crippen MR) is 86.0 cm³/mol. The van der Waals surface area contributed by atoms with E-state index in [-0.39, 0.29) is 0 Å². The molecule has 0 saturated carbocycles. The number of aryl methyl sites for hydroxylation is 1. The van der Waals surface area contributed by atoms with E-state index in [0.29, 0.717) is 11.3 Å². The standard InChI is InChI=1S/C18H15N3O2/c1-21-9-5-8-16(21)14(10-19)17-13-7-4-3-6-12(13)15(11-20-17)18(22)23-2/h3-9,11,14H,1-2H3/t14-/m0/s1. The molecule has 5 nitrogen and oxygen atoms in total. The number of ether oxygens (including phenoxy) is 1. The molecule has 1 atom stereocenters. The Morgan fingerprint density at radius 1 is 1.26 bits per heavy atom. The average Bonchev–Trinajstić information content (AvgIpc) is 3.01. The summed E-state index contributed by atoms with van der Waals surface area (Å²) in [7, 11) is 3.23. The van der Waals surface area contributed by atoms with Crippen LogP contribution < -0.4 is 0 Å². The summed E-state index contributed by atoms with van der Waals surface area (Å²) >= 11 is 0. The van der Waals surface area contributed by atoms with Gasteiger partial charge in [-0.25, -0.2) is 4.79 Å². The number of methoxy groups -OCH3 is 1. The summed E-state index contributed by atoms with van der Waals surface area (Å²) in [6, 6.07) is 13.5. The Morgan fingerprint density at radius 3 is 2.61 bits per heavy atom. The number of nitriles is 1. The van der Waals surface area contributed by atoms with E-state index in [2.05, 4.69) is 11.1 Å². The smallest absolute Gasteiger partial charge is 0.340 e. The number of nitrogens with zero attached hydrogens (tertiary/aromatic N) is 3. The third-order valence-corrected chi connectivity index (χ3v) is 3.91. The highest BCUT2D eigenvalue weighted by molar-refractivity contribution is 6.04. The van der Waals surface area contributed by atoms with Gasteiger partial charge in [0.05, 0.1) is 24.4 Å². The summed E-state index contributed by atoms with van der Waals surface area (Å²) in [6.45, 7) is 0. The molecule has 5 heteroatoms. The van der Waals surface area contributed by atoms with Crippen molar-refractivity contribution in [2.45, 2.75) is 5.92 Å². The van der Waals surface area contributed by atoms with Crippen LogP contribution in [0.1, 0.15) is 27.7 Å². The lowest BCUT2D eigenvalue weighted by molar-refractivity contribution is 0.0602. The van der Waals surface area contributed by atoms with Crippen molar-refractivity contribution in [1.82, 2.24) is 9.55 Å². The second-order valence-electron chi connectivity index (χ2n) is 5.20. The van der Waals surface area contributed by atoms with Crippen LogP contribution in [0.3, 0.4) is 0 Å². The van der Waals surface area contributed by atoms with Crippen molar-refractivity contribution < 1.29 is 9.53 Å². The molecule has 23 heavy (non-hydrogen) atoms. The minimum Gasteiger partial charge on any atom is -0.465 e. The molecule has 0 unspecified atom stereocenters. The van der Waals surface area contributed by atoms with Gasteiger partial charge in [-0.15, -0.1) is 0 Å². The van der Waals surface area contributed by atoms with Crippen molar-refractivity contribution in [2.24, 2.45) is 7.05 Å². The van der Waals surface area contributed by atoms with Crippen LogP contribution >= 0.6 is 0 Å². The SMILES string of the molecule is COC(=O)c1cnc([C@@H](C#N)c2cccn2C)c2ccccc12. The maximum atomic E-state index is 11.9. The number of benzene rings is 1. The van der Waals surface area contributed by atoms with Crippen molar-refractivity contribution in [1.29, 1.82) is 5.26 Å². The highest BCUT2D eigenvalue weighted by atomic mass is 16.5. The van der Waals surface area contributed by atoms with Crippen LogP contribution in [0.2, 0.25) is 0 Å². The Hall–Kier alpha value is -3.13. The third kappa shape index (κ3) is 2.44. The van der Waals surface area contributed by atoms with E-state index in [9.17, 15) is 10.1 Å². The van der Waals surface area contributed by atoms with Crippen molar-refractivity contribution in [3.63, 3.8) is 0 Å². The molecule has 0 spiro atoms. The lowest BCUT2D eigenvalue weighted by Gasteiger charge is -2.14. The van der Waals surface area contributed by atoms with Gasteiger partial charge in [0.15, 0.2) is 0 Å². The monoisotopic (exact) mass is 305 g/mol. The van der Waals surface area contributed by atoms with Gasteiger partial charge in [0.25, 0.3) is 0 Å². The summed E-state index contributed by atoms with van der Waals surface area (Å²) in [5, 5.41) is 11.2. The number of aromatic nitrogens is 2. The van der Waals surface area contributed by atoms with Crippen LogP contribution in [0, 0.1) is 11.3 Å². The van der Waals surface area contributed by atoms with E-state index in [1.807, 2.05) is 54.2 Å². The molecule has 0 aliphatic heterocycles. The molecule has 2 heterocycles. The highest BCUT2D eigenvalue weighted by Gasteiger charge is 2.22. The summed E-state index contributed by atoms with van der Waals surface area (Å²) in [6.07, 6.45) is 3.38. The van der Waals surface area contributed by atoms with Crippen LogP contribution in [0.25, 0.3) is 10.8 Å². The third-order valence-electron chi connectivity index (χ3n) is 3.91. The number of carbonyl (C=O) groups excluding carboxylic acids is 1. The van der Waals surface area contributed by atoms with Crippen molar-refractivity contribution in [2.75, 3.05) is 7.11 Å². The fourth-order valence-corrected chi connectivity index (χ4v) is 2.76. The van der Waals surface area contributed by atoms with Crippen LogP contribution in [0.4, 0.5) is 0 Å². The van der Waals surface area contributed by atoms with Crippen molar-refractivity contribution in [3.8, 4) is 6.07 Å². The predicted octanol–water partition coefficient (Wildman–Crippen LogP) is 3.02. The van der Waals surface area contributed by atoms with E-state index in [1.54, 1.807) is 0 Å². The molecular formula is C18H15N3O2. The summed E-state index contributed by atoms with van der Waals surface area (Å²) in [5.41, 5.74) is 1.89. The maximum absolute atomic E-state index is 11.9. The molecule has 0 fully saturated rings. The van der Waals surface area contributed by atoms with Gasteiger partial charge in [-0.05, 0) is 17.5 Å². The van der Waals surface area contributed by atoms with Gasteiger partial charge in [-0.2, -0.15) is 5.26 Å². The Kier molecular flexibility index (Phi) is 3.82. The van der Waals surface area contributed by atoms with Crippen LogP contribution in [-0.2, 0) is 11.8 Å². The van der Waals surface area contributed by atoms with Gasteiger partial charge in [-0.3, -0.25) is 4.98 Å². The lowest BCUT2D eigenvalue weighted by Crippen LogP contribution is -2.09. The van der Waals surface area contributed by atoms with Crippen LogP contribution in [-0.4, -0.2) is 22.6 Å². The molecular weight excluding hydrogens is 290 g/mol. The second kappa shape index (κ2) is 5.93. The first-order valence-electron chi connectivity index (χ1n) is 7.14. The molecule has 3 aromatic rings. The van der Waals surface area contributed by atoms with Gasteiger partial charge in [0.1, 0.15) is 5.92 Å². The largest absolute Gasteiger partial charge is 0.465 e. The molecule has 0 aliphatic carbocycles. The Bertz CT molecular complexity index is 921. The van der Waals surface area contributed by atoms with E-state index in [1.165, 1.54) is 13.3 Å². The average molecular weight is 305 g/mol. The number of esters is 1. The minimum absolute atomic E-state index is 0.399. The Morgan fingerprint density at radius 2 is 2.00 bits per heavy atom. The Balaban J connectivity index is 2.25.